The normalized spacial score (nSPS) is 14.8. The molecule has 2 atom stereocenters. The van der Waals surface area contributed by atoms with Crippen LogP contribution in [0.1, 0.15) is 31.9 Å². The summed E-state index contributed by atoms with van der Waals surface area (Å²) < 4.78 is 13.6. The summed E-state index contributed by atoms with van der Waals surface area (Å²) in [5.41, 5.74) is 5.83. The molecule has 0 aliphatic carbocycles. The number of nitrogens with two attached hydrogens (primary N) is 1. The van der Waals surface area contributed by atoms with Crippen LogP contribution in [0.5, 0.6) is 0 Å². The highest BCUT2D eigenvalue weighted by molar-refractivity contribution is 6.02. The molecule has 6 heteroatoms. The maximum atomic E-state index is 13.6. The van der Waals surface area contributed by atoms with Crippen LogP contribution in [0.2, 0.25) is 0 Å². The van der Waals surface area contributed by atoms with Crippen LogP contribution in [0, 0.1) is 11.7 Å². The van der Waals surface area contributed by atoms with Gasteiger partial charge in [-0.05, 0) is 19.4 Å². The number of hydrogen-bond acceptors (Lipinski definition) is 3. The molecule has 104 valence electrons. The third-order valence-corrected chi connectivity index (χ3v) is 2.93. The number of nitrogens with zero attached hydrogens (tertiary/aromatic N) is 1. The minimum Gasteiger partial charge on any atom is -0.409 e. The third kappa shape index (κ3) is 3.67. The number of amides is 1. The van der Waals surface area contributed by atoms with Crippen molar-refractivity contribution in [2.45, 2.75) is 26.3 Å². The smallest absolute Gasteiger partial charge is 0.231 e. The van der Waals surface area contributed by atoms with Gasteiger partial charge in [0.15, 0.2) is 5.84 Å². The highest BCUT2D eigenvalue weighted by atomic mass is 19.1. The Labute approximate surface area is 111 Å². The SMILES string of the molecule is CCC(C(=O)NC(C)c1ccccc1F)C(N)=NO. The summed E-state index contributed by atoms with van der Waals surface area (Å²) in [6.45, 7) is 3.42. The third-order valence-electron chi connectivity index (χ3n) is 2.93. The monoisotopic (exact) mass is 267 g/mol. The van der Waals surface area contributed by atoms with Gasteiger partial charge in [0, 0.05) is 5.56 Å². The molecule has 0 saturated heterocycles. The van der Waals surface area contributed by atoms with Crippen molar-refractivity contribution in [3.63, 3.8) is 0 Å². The average Bonchev–Trinajstić information content (AvgIpc) is 2.39. The van der Waals surface area contributed by atoms with Crippen molar-refractivity contribution in [3.05, 3.63) is 35.6 Å². The van der Waals surface area contributed by atoms with Crippen molar-refractivity contribution in [2.75, 3.05) is 0 Å². The van der Waals surface area contributed by atoms with Crippen molar-refractivity contribution in [2.24, 2.45) is 16.8 Å². The topological polar surface area (TPSA) is 87.7 Å². The Morgan fingerprint density at radius 1 is 1.53 bits per heavy atom. The molecule has 0 heterocycles. The molecule has 1 amide bonds. The molecule has 1 rings (SSSR count). The quantitative estimate of drug-likeness (QED) is 0.329. The zero-order chi connectivity index (χ0) is 14.4. The largest absolute Gasteiger partial charge is 0.409 e. The van der Waals surface area contributed by atoms with Gasteiger partial charge in [0.2, 0.25) is 5.91 Å². The minimum atomic E-state index is -0.723. The van der Waals surface area contributed by atoms with Crippen molar-refractivity contribution in [1.82, 2.24) is 5.32 Å². The highest BCUT2D eigenvalue weighted by Crippen LogP contribution is 2.17. The first-order valence-corrected chi connectivity index (χ1v) is 6.03. The number of rotatable bonds is 5. The molecule has 4 N–H and O–H groups in total. The highest BCUT2D eigenvalue weighted by Gasteiger charge is 2.23. The van der Waals surface area contributed by atoms with Gasteiger partial charge in [-0.2, -0.15) is 0 Å². The second-order valence-corrected chi connectivity index (χ2v) is 4.24. The molecule has 19 heavy (non-hydrogen) atoms. The molecular formula is C13H18FN3O2. The van der Waals surface area contributed by atoms with Crippen LogP contribution in [-0.2, 0) is 4.79 Å². The molecule has 0 bridgehead atoms. The second-order valence-electron chi connectivity index (χ2n) is 4.24. The standard InChI is InChI=1S/C13H18FN3O2/c1-3-9(12(15)17-19)13(18)16-8(2)10-6-4-5-7-11(10)14/h4-9,19H,3H2,1-2H3,(H2,15,17)(H,16,18). The Morgan fingerprint density at radius 3 is 2.68 bits per heavy atom. The number of carbonyl (C=O) groups excluding carboxylic acids is 1. The predicted octanol–water partition coefficient (Wildman–Crippen LogP) is 1.78. The van der Waals surface area contributed by atoms with Crippen LogP contribution >= 0.6 is 0 Å². The van der Waals surface area contributed by atoms with E-state index in [0.717, 1.165) is 0 Å². The zero-order valence-corrected chi connectivity index (χ0v) is 10.9. The number of nitrogens with one attached hydrogen (secondary N) is 1. The molecule has 0 saturated carbocycles. The molecule has 0 aliphatic heterocycles. The van der Waals surface area contributed by atoms with Gasteiger partial charge in [0.1, 0.15) is 5.82 Å². The Balaban J connectivity index is 2.79. The van der Waals surface area contributed by atoms with Crippen molar-refractivity contribution < 1.29 is 14.4 Å². The van der Waals surface area contributed by atoms with E-state index in [9.17, 15) is 9.18 Å². The molecule has 5 nitrogen and oxygen atoms in total. The lowest BCUT2D eigenvalue weighted by Gasteiger charge is -2.19. The fourth-order valence-electron chi connectivity index (χ4n) is 1.82. The molecule has 2 unspecified atom stereocenters. The Kier molecular flexibility index (Phi) is 5.29. The van der Waals surface area contributed by atoms with Crippen LogP contribution < -0.4 is 11.1 Å². The Bertz CT molecular complexity index is 477. The number of hydrogen-bond donors (Lipinski definition) is 3. The summed E-state index contributed by atoms with van der Waals surface area (Å²) in [7, 11) is 0. The Hall–Kier alpha value is -2.11. The van der Waals surface area contributed by atoms with Gasteiger partial charge in [0.25, 0.3) is 0 Å². The summed E-state index contributed by atoms with van der Waals surface area (Å²) in [6.07, 6.45) is 0.395. The van der Waals surface area contributed by atoms with E-state index in [2.05, 4.69) is 10.5 Å². The van der Waals surface area contributed by atoms with Crippen LogP contribution in [0.4, 0.5) is 4.39 Å². The Morgan fingerprint density at radius 2 is 2.16 bits per heavy atom. The first kappa shape index (κ1) is 14.9. The van der Waals surface area contributed by atoms with E-state index in [0.29, 0.717) is 12.0 Å². The lowest BCUT2D eigenvalue weighted by atomic mass is 10.0. The van der Waals surface area contributed by atoms with E-state index in [1.54, 1.807) is 32.0 Å². The molecular weight excluding hydrogens is 249 g/mol. The second kappa shape index (κ2) is 6.72. The van der Waals surface area contributed by atoms with E-state index in [1.165, 1.54) is 6.07 Å². The van der Waals surface area contributed by atoms with Gasteiger partial charge in [-0.3, -0.25) is 4.79 Å². The minimum absolute atomic E-state index is 0.152. The number of oxime groups is 1. The van der Waals surface area contributed by atoms with E-state index < -0.39 is 17.9 Å². The average molecular weight is 267 g/mol. The summed E-state index contributed by atoms with van der Waals surface area (Å²) in [5, 5.41) is 14.1. The summed E-state index contributed by atoms with van der Waals surface area (Å²) in [6, 6.07) is 5.72. The molecule has 0 radical (unpaired) electrons. The van der Waals surface area contributed by atoms with Crippen LogP contribution in [0.25, 0.3) is 0 Å². The first-order chi connectivity index (χ1) is 9.01. The number of benzene rings is 1. The van der Waals surface area contributed by atoms with Gasteiger partial charge < -0.3 is 16.3 Å². The van der Waals surface area contributed by atoms with Gasteiger partial charge in [-0.15, -0.1) is 0 Å². The summed E-state index contributed by atoms with van der Waals surface area (Å²) >= 11 is 0. The number of carbonyl (C=O) groups is 1. The van der Waals surface area contributed by atoms with Crippen LogP contribution in [0.15, 0.2) is 29.4 Å². The maximum Gasteiger partial charge on any atom is 0.231 e. The van der Waals surface area contributed by atoms with Crippen molar-refractivity contribution in [3.8, 4) is 0 Å². The van der Waals surface area contributed by atoms with Crippen LogP contribution in [0.3, 0.4) is 0 Å². The van der Waals surface area contributed by atoms with Gasteiger partial charge in [-0.1, -0.05) is 30.3 Å². The molecule has 0 aromatic heterocycles. The lowest BCUT2D eigenvalue weighted by Crippen LogP contribution is -2.39. The fraction of sp³-hybridized carbons (Fsp3) is 0.385. The van der Waals surface area contributed by atoms with Crippen molar-refractivity contribution in [1.29, 1.82) is 0 Å². The first-order valence-electron chi connectivity index (χ1n) is 6.03. The van der Waals surface area contributed by atoms with Gasteiger partial charge >= 0.3 is 0 Å². The van der Waals surface area contributed by atoms with Gasteiger partial charge in [-0.25, -0.2) is 4.39 Å². The molecule has 1 aromatic rings. The van der Waals surface area contributed by atoms with Crippen LogP contribution in [-0.4, -0.2) is 17.0 Å². The maximum absolute atomic E-state index is 13.6. The fourth-order valence-corrected chi connectivity index (χ4v) is 1.82. The molecule has 1 aromatic carbocycles. The zero-order valence-electron chi connectivity index (χ0n) is 10.9. The number of amidine groups is 1. The predicted molar refractivity (Wildman–Crippen MR) is 70.1 cm³/mol. The summed E-state index contributed by atoms with van der Waals surface area (Å²) in [4.78, 5) is 12.0. The van der Waals surface area contributed by atoms with E-state index in [-0.39, 0.29) is 11.7 Å². The molecule has 0 fully saturated rings. The molecule has 0 spiro atoms. The van der Waals surface area contributed by atoms with E-state index in [1.807, 2.05) is 0 Å². The number of halogens is 1. The van der Waals surface area contributed by atoms with Crippen molar-refractivity contribution >= 4 is 11.7 Å². The van der Waals surface area contributed by atoms with E-state index in [4.69, 9.17) is 10.9 Å². The van der Waals surface area contributed by atoms with Gasteiger partial charge in [0.05, 0.1) is 12.0 Å². The van der Waals surface area contributed by atoms with E-state index >= 15 is 0 Å². The summed E-state index contributed by atoms with van der Waals surface area (Å²) in [5.74, 6) is -1.65. The molecule has 0 aliphatic rings. The lowest BCUT2D eigenvalue weighted by molar-refractivity contribution is -0.123.